The van der Waals surface area contributed by atoms with E-state index in [0.717, 1.165) is 42.0 Å². The van der Waals surface area contributed by atoms with Gasteiger partial charge in [0.05, 0.1) is 25.4 Å². The van der Waals surface area contributed by atoms with Crippen LogP contribution in [-0.4, -0.2) is 56.6 Å². The van der Waals surface area contributed by atoms with Crippen LogP contribution in [0.4, 0.5) is 0 Å². The highest BCUT2D eigenvalue weighted by Gasteiger charge is 2.21. The lowest BCUT2D eigenvalue weighted by Gasteiger charge is -2.35. The normalized spacial score (nSPS) is 22.7. The molecule has 1 heterocycles. The summed E-state index contributed by atoms with van der Waals surface area (Å²) < 4.78 is 18.2. The standard InChI is InChI=1S/C17H26BrNO3/c1-13-10-16(18)4-5-17(13)21-9-8-20-7-6-19-11-14(2)22-15(3)12-19/h4-5,10,14-15H,6-9,11-12H2,1-3H3/t14-,15-/m1/s1. The van der Waals surface area contributed by atoms with Gasteiger partial charge in [0.25, 0.3) is 0 Å². The predicted octanol–water partition coefficient (Wildman–Crippen LogP) is 3.26. The summed E-state index contributed by atoms with van der Waals surface area (Å²) in [4.78, 5) is 2.40. The summed E-state index contributed by atoms with van der Waals surface area (Å²) in [5.41, 5.74) is 1.13. The Balaban J connectivity index is 1.57. The van der Waals surface area contributed by atoms with Crippen LogP contribution in [0.5, 0.6) is 5.75 Å². The summed E-state index contributed by atoms with van der Waals surface area (Å²) in [5.74, 6) is 0.919. The van der Waals surface area contributed by atoms with Gasteiger partial charge in [-0.15, -0.1) is 0 Å². The largest absolute Gasteiger partial charge is 0.491 e. The highest BCUT2D eigenvalue weighted by molar-refractivity contribution is 9.10. The second-order valence-corrected chi connectivity index (χ2v) is 6.80. The summed E-state index contributed by atoms with van der Waals surface area (Å²) >= 11 is 3.45. The third kappa shape index (κ3) is 5.88. The molecule has 0 bridgehead atoms. The lowest BCUT2D eigenvalue weighted by Crippen LogP contribution is -2.46. The van der Waals surface area contributed by atoms with Gasteiger partial charge >= 0.3 is 0 Å². The van der Waals surface area contributed by atoms with E-state index in [1.807, 2.05) is 19.1 Å². The fourth-order valence-corrected chi connectivity index (χ4v) is 3.22. The average molecular weight is 372 g/mol. The van der Waals surface area contributed by atoms with E-state index in [0.29, 0.717) is 25.4 Å². The molecule has 2 rings (SSSR count). The van der Waals surface area contributed by atoms with Gasteiger partial charge in [-0.25, -0.2) is 0 Å². The molecule has 0 spiro atoms. The Labute approximate surface area is 141 Å². The maximum atomic E-state index is 5.74. The molecule has 1 aliphatic heterocycles. The third-order valence-electron chi connectivity index (χ3n) is 3.67. The average Bonchev–Trinajstić information content (AvgIpc) is 2.43. The van der Waals surface area contributed by atoms with Crippen molar-refractivity contribution in [3.05, 3.63) is 28.2 Å². The van der Waals surface area contributed by atoms with E-state index in [2.05, 4.69) is 40.7 Å². The number of benzene rings is 1. The minimum absolute atomic E-state index is 0.312. The van der Waals surface area contributed by atoms with E-state index in [1.165, 1.54) is 0 Å². The van der Waals surface area contributed by atoms with Crippen molar-refractivity contribution >= 4 is 15.9 Å². The molecule has 1 aromatic rings. The van der Waals surface area contributed by atoms with Crippen LogP contribution in [0.1, 0.15) is 19.4 Å². The zero-order valence-electron chi connectivity index (χ0n) is 13.7. The summed E-state index contributed by atoms with van der Waals surface area (Å²) in [5, 5.41) is 0. The smallest absolute Gasteiger partial charge is 0.122 e. The molecule has 0 radical (unpaired) electrons. The highest BCUT2D eigenvalue weighted by Crippen LogP contribution is 2.21. The maximum Gasteiger partial charge on any atom is 0.122 e. The Bertz CT molecular complexity index is 459. The Hall–Kier alpha value is -0.620. The molecule has 124 valence electrons. The van der Waals surface area contributed by atoms with Crippen molar-refractivity contribution in [2.24, 2.45) is 0 Å². The SMILES string of the molecule is Cc1cc(Br)ccc1OCCOCCN1C[C@@H](C)O[C@H](C)C1. The Kier molecular flexibility index (Phi) is 7.15. The van der Waals surface area contributed by atoms with E-state index in [-0.39, 0.29) is 0 Å². The Morgan fingerprint density at radius 3 is 2.59 bits per heavy atom. The van der Waals surface area contributed by atoms with Crippen LogP contribution in [0, 0.1) is 6.92 Å². The topological polar surface area (TPSA) is 30.9 Å². The molecule has 0 amide bonds. The molecule has 22 heavy (non-hydrogen) atoms. The van der Waals surface area contributed by atoms with Gasteiger partial charge in [-0.2, -0.15) is 0 Å². The molecule has 2 atom stereocenters. The molecule has 0 N–H and O–H groups in total. The predicted molar refractivity (Wildman–Crippen MR) is 91.6 cm³/mol. The van der Waals surface area contributed by atoms with E-state index in [1.54, 1.807) is 0 Å². The van der Waals surface area contributed by atoms with Gasteiger partial charge in [-0.05, 0) is 44.5 Å². The Morgan fingerprint density at radius 1 is 1.18 bits per heavy atom. The molecule has 1 fully saturated rings. The van der Waals surface area contributed by atoms with Gasteiger partial charge in [0.15, 0.2) is 0 Å². The minimum Gasteiger partial charge on any atom is -0.491 e. The first-order chi connectivity index (χ1) is 10.5. The number of ether oxygens (including phenoxy) is 3. The number of halogens is 1. The van der Waals surface area contributed by atoms with Crippen molar-refractivity contribution in [1.82, 2.24) is 4.90 Å². The van der Waals surface area contributed by atoms with Crippen molar-refractivity contribution in [3.63, 3.8) is 0 Å². The summed E-state index contributed by atoms with van der Waals surface area (Å²) in [6, 6.07) is 6.02. The summed E-state index contributed by atoms with van der Waals surface area (Å²) in [6.07, 6.45) is 0.625. The number of aryl methyl sites for hydroxylation is 1. The van der Waals surface area contributed by atoms with Crippen molar-refractivity contribution in [2.45, 2.75) is 33.0 Å². The molecule has 0 aromatic heterocycles. The number of nitrogens with zero attached hydrogens (tertiary/aromatic N) is 1. The number of rotatable bonds is 7. The maximum absolute atomic E-state index is 5.74. The molecule has 1 saturated heterocycles. The first-order valence-corrected chi connectivity index (χ1v) is 8.68. The molecule has 1 aliphatic rings. The fourth-order valence-electron chi connectivity index (χ4n) is 2.75. The zero-order valence-corrected chi connectivity index (χ0v) is 15.3. The van der Waals surface area contributed by atoms with Gasteiger partial charge in [0, 0.05) is 24.1 Å². The van der Waals surface area contributed by atoms with E-state index < -0.39 is 0 Å². The van der Waals surface area contributed by atoms with Gasteiger partial charge in [0.1, 0.15) is 12.4 Å². The quantitative estimate of drug-likeness (QED) is 0.688. The van der Waals surface area contributed by atoms with Gasteiger partial charge in [-0.1, -0.05) is 15.9 Å². The van der Waals surface area contributed by atoms with Crippen LogP contribution >= 0.6 is 15.9 Å². The van der Waals surface area contributed by atoms with Crippen LogP contribution in [0.2, 0.25) is 0 Å². The highest BCUT2D eigenvalue weighted by atomic mass is 79.9. The van der Waals surface area contributed by atoms with Crippen molar-refractivity contribution < 1.29 is 14.2 Å². The Morgan fingerprint density at radius 2 is 1.91 bits per heavy atom. The van der Waals surface area contributed by atoms with Crippen molar-refractivity contribution in [1.29, 1.82) is 0 Å². The van der Waals surface area contributed by atoms with E-state index in [4.69, 9.17) is 14.2 Å². The first-order valence-electron chi connectivity index (χ1n) is 7.89. The van der Waals surface area contributed by atoms with Crippen LogP contribution in [0.3, 0.4) is 0 Å². The molecule has 5 heteroatoms. The molecular weight excluding hydrogens is 346 g/mol. The third-order valence-corrected chi connectivity index (χ3v) is 4.16. The number of hydrogen-bond donors (Lipinski definition) is 0. The van der Waals surface area contributed by atoms with Crippen LogP contribution < -0.4 is 4.74 Å². The van der Waals surface area contributed by atoms with E-state index >= 15 is 0 Å². The summed E-state index contributed by atoms with van der Waals surface area (Å²) in [6.45, 7) is 11.2. The van der Waals surface area contributed by atoms with Crippen LogP contribution in [0.15, 0.2) is 22.7 Å². The van der Waals surface area contributed by atoms with Crippen molar-refractivity contribution in [3.8, 4) is 5.75 Å². The lowest BCUT2D eigenvalue weighted by molar-refractivity contribution is -0.0734. The zero-order chi connectivity index (χ0) is 15.9. The fraction of sp³-hybridized carbons (Fsp3) is 0.647. The van der Waals surface area contributed by atoms with Crippen molar-refractivity contribution in [2.75, 3.05) is 39.5 Å². The molecule has 4 nitrogen and oxygen atoms in total. The molecule has 0 unspecified atom stereocenters. The van der Waals surface area contributed by atoms with Crippen LogP contribution in [0.25, 0.3) is 0 Å². The number of hydrogen-bond acceptors (Lipinski definition) is 4. The number of morpholine rings is 1. The minimum atomic E-state index is 0.312. The van der Waals surface area contributed by atoms with E-state index in [9.17, 15) is 0 Å². The second-order valence-electron chi connectivity index (χ2n) is 5.89. The summed E-state index contributed by atoms with van der Waals surface area (Å²) in [7, 11) is 0. The van der Waals surface area contributed by atoms with Crippen LogP contribution in [-0.2, 0) is 9.47 Å². The molecule has 0 aliphatic carbocycles. The second kappa shape index (κ2) is 8.87. The first kappa shape index (κ1) is 17.7. The molecule has 1 aromatic carbocycles. The van der Waals surface area contributed by atoms with Gasteiger partial charge in [0.2, 0.25) is 0 Å². The molecular formula is C17H26BrNO3. The lowest BCUT2D eigenvalue weighted by atomic mass is 10.2. The monoisotopic (exact) mass is 371 g/mol. The van der Waals surface area contributed by atoms with Gasteiger partial charge < -0.3 is 14.2 Å². The van der Waals surface area contributed by atoms with Gasteiger partial charge in [-0.3, -0.25) is 4.90 Å². The molecule has 0 saturated carbocycles.